The number of hydrogen-bond acceptors (Lipinski definition) is 3. The maximum atomic E-state index is 14.2. The summed E-state index contributed by atoms with van der Waals surface area (Å²) in [6.07, 6.45) is 1.08. The molecule has 0 aliphatic rings. The third-order valence-electron chi connectivity index (χ3n) is 3.27. The molecule has 0 fully saturated rings. The van der Waals surface area contributed by atoms with Crippen LogP contribution in [-0.2, 0) is 11.3 Å². The molecule has 1 amide bonds. The summed E-state index contributed by atoms with van der Waals surface area (Å²) in [5, 5.41) is 2.71. The number of hydrogen-bond donors (Lipinski definition) is 1. The van der Waals surface area contributed by atoms with Crippen molar-refractivity contribution in [1.29, 1.82) is 0 Å². The minimum Gasteiger partial charge on any atom is -0.444 e. The number of nitrogens with one attached hydrogen (secondary N) is 1. The monoisotopic (exact) mass is 322 g/mol. The quantitative estimate of drug-likeness (QED) is 0.830. The number of carbonyl (C=O) groups excluding carboxylic acids is 1. The second-order valence-electron chi connectivity index (χ2n) is 6.32. The maximum Gasteiger partial charge on any atom is 0.407 e. The van der Waals surface area contributed by atoms with E-state index in [4.69, 9.17) is 4.74 Å². The minimum absolute atomic E-state index is 0.235. The van der Waals surface area contributed by atoms with Crippen molar-refractivity contribution in [3.8, 4) is 0 Å². The molecule has 1 aromatic rings. The van der Waals surface area contributed by atoms with Gasteiger partial charge < -0.3 is 10.1 Å². The van der Waals surface area contributed by atoms with Crippen LogP contribution < -0.4 is 5.32 Å². The molecule has 23 heavy (non-hydrogen) atoms. The fourth-order valence-corrected chi connectivity index (χ4v) is 2.10. The van der Waals surface area contributed by atoms with Crippen LogP contribution in [0.1, 0.15) is 38.8 Å². The summed E-state index contributed by atoms with van der Waals surface area (Å²) in [5.41, 5.74) is 0.620. The molecule has 0 saturated carbocycles. The highest BCUT2D eigenvalue weighted by Gasteiger charge is 2.16. The summed E-state index contributed by atoms with van der Waals surface area (Å²) in [7, 11) is 0. The molecule has 0 radical (unpaired) electrons. The van der Waals surface area contributed by atoms with Gasteiger partial charge in [0.05, 0.1) is 0 Å². The summed E-state index contributed by atoms with van der Waals surface area (Å²) in [6.45, 7) is 13.4. The number of amides is 1. The van der Waals surface area contributed by atoms with Gasteiger partial charge in [-0.2, -0.15) is 0 Å². The Morgan fingerprint density at radius 2 is 2.13 bits per heavy atom. The van der Waals surface area contributed by atoms with Crippen LogP contribution in [0.15, 0.2) is 24.8 Å². The highest BCUT2D eigenvalue weighted by atomic mass is 19.1. The van der Waals surface area contributed by atoms with Crippen LogP contribution >= 0.6 is 0 Å². The second-order valence-corrected chi connectivity index (χ2v) is 6.32. The van der Waals surface area contributed by atoms with Gasteiger partial charge in [0.25, 0.3) is 0 Å². The first kappa shape index (κ1) is 19.2. The molecule has 0 aromatic heterocycles. The van der Waals surface area contributed by atoms with E-state index in [9.17, 15) is 9.18 Å². The molecule has 0 heterocycles. The van der Waals surface area contributed by atoms with E-state index in [-0.39, 0.29) is 5.82 Å². The molecule has 0 atom stereocenters. The number of benzene rings is 1. The lowest BCUT2D eigenvalue weighted by Crippen LogP contribution is -2.37. The Labute approximate surface area is 138 Å². The fraction of sp³-hybridized carbons (Fsp3) is 0.500. The van der Waals surface area contributed by atoms with Crippen molar-refractivity contribution < 1.29 is 13.9 Å². The highest BCUT2D eigenvalue weighted by molar-refractivity contribution is 5.67. The Hall–Kier alpha value is -1.88. The average Bonchev–Trinajstić information content (AvgIpc) is 2.46. The van der Waals surface area contributed by atoms with Gasteiger partial charge in [-0.3, -0.25) is 4.90 Å². The van der Waals surface area contributed by atoms with Crippen molar-refractivity contribution >= 4 is 12.2 Å². The molecular formula is C18H27FN2O2. The van der Waals surface area contributed by atoms with E-state index in [1.165, 1.54) is 6.08 Å². The number of ether oxygens (including phenoxy) is 1. The summed E-state index contributed by atoms with van der Waals surface area (Å²) in [6, 6.07) is 5.29. The van der Waals surface area contributed by atoms with Crippen molar-refractivity contribution in [1.82, 2.24) is 10.2 Å². The third kappa shape index (κ3) is 6.82. The topological polar surface area (TPSA) is 41.6 Å². The van der Waals surface area contributed by atoms with Gasteiger partial charge in [0.15, 0.2) is 0 Å². The summed E-state index contributed by atoms with van der Waals surface area (Å²) in [5.74, 6) is -0.235. The second kappa shape index (κ2) is 8.67. The summed E-state index contributed by atoms with van der Waals surface area (Å²) in [4.78, 5) is 13.7. The van der Waals surface area contributed by atoms with Crippen LogP contribution in [0.3, 0.4) is 0 Å². The first-order chi connectivity index (χ1) is 10.8. The van der Waals surface area contributed by atoms with Crippen LogP contribution in [0, 0.1) is 5.82 Å². The smallest absolute Gasteiger partial charge is 0.407 e. The Kier molecular flexibility index (Phi) is 7.23. The van der Waals surface area contributed by atoms with Crippen molar-refractivity contribution in [3.63, 3.8) is 0 Å². The van der Waals surface area contributed by atoms with E-state index in [0.717, 1.165) is 6.54 Å². The van der Waals surface area contributed by atoms with Gasteiger partial charge in [0.2, 0.25) is 0 Å². The first-order valence-corrected chi connectivity index (χ1v) is 7.86. The molecule has 128 valence electrons. The molecule has 0 saturated heterocycles. The molecule has 5 heteroatoms. The molecule has 0 unspecified atom stereocenters. The zero-order valence-corrected chi connectivity index (χ0v) is 14.5. The number of carbonyl (C=O) groups is 1. The van der Waals surface area contributed by atoms with Gasteiger partial charge in [0.1, 0.15) is 11.4 Å². The number of alkyl carbamates (subject to hydrolysis) is 1. The van der Waals surface area contributed by atoms with E-state index >= 15 is 0 Å². The SMILES string of the molecule is C=Cc1cccc(CN(CC)CCNC(=O)OC(C)(C)C)c1F. The van der Waals surface area contributed by atoms with E-state index in [0.29, 0.717) is 30.8 Å². The molecular weight excluding hydrogens is 295 g/mol. The molecule has 0 aliphatic carbocycles. The third-order valence-corrected chi connectivity index (χ3v) is 3.27. The largest absolute Gasteiger partial charge is 0.444 e. The Morgan fingerprint density at radius 3 is 2.70 bits per heavy atom. The van der Waals surface area contributed by atoms with Crippen LogP contribution in [0.25, 0.3) is 6.08 Å². The zero-order valence-electron chi connectivity index (χ0n) is 14.5. The molecule has 0 aliphatic heterocycles. The average molecular weight is 322 g/mol. The standard InChI is InChI=1S/C18H27FN2O2/c1-6-14-9-8-10-15(16(14)19)13-21(7-2)12-11-20-17(22)23-18(3,4)5/h6,8-10H,1,7,11-13H2,2-5H3,(H,20,22). The molecule has 4 nitrogen and oxygen atoms in total. The minimum atomic E-state index is -0.511. The summed E-state index contributed by atoms with van der Waals surface area (Å²) < 4.78 is 19.4. The lowest BCUT2D eigenvalue weighted by atomic mass is 10.1. The van der Waals surface area contributed by atoms with Crippen molar-refractivity contribution in [3.05, 3.63) is 41.7 Å². The molecule has 0 bridgehead atoms. The van der Waals surface area contributed by atoms with E-state index in [1.807, 2.05) is 33.8 Å². The van der Waals surface area contributed by atoms with Gasteiger partial charge in [-0.25, -0.2) is 9.18 Å². The lowest BCUT2D eigenvalue weighted by Gasteiger charge is -2.23. The van der Waals surface area contributed by atoms with Crippen molar-refractivity contribution in [2.75, 3.05) is 19.6 Å². The fourth-order valence-electron chi connectivity index (χ4n) is 2.10. The van der Waals surface area contributed by atoms with Gasteiger partial charge in [0, 0.05) is 30.8 Å². The maximum absolute atomic E-state index is 14.2. The number of halogens is 1. The predicted octanol–water partition coefficient (Wildman–Crippen LogP) is 3.82. The van der Waals surface area contributed by atoms with Gasteiger partial charge in [-0.1, -0.05) is 37.8 Å². The van der Waals surface area contributed by atoms with Gasteiger partial charge in [-0.05, 0) is 27.3 Å². The van der Waals surface area contributed by atoms with E-state index in [2.05, 4.69) is 16.8 Å². The van der Waals surface area contributed by atoms with Crippen LogP contribution in [-0.4, -0.2) is 36.2 Å². The Bertz CT molecular complexity index is 538. The van der Waals surface area contributed by atoms with E-state index < -0.39 is 11.7 Å². The van der Waals surface area contributed by atoms with Gasteiger partial charge in [-0.15, -0.1) is 0 Å². The molecule has 1 aromatic carbocycles. The normalized spacial score (nSPS) is 11.4. The lowest BCUT2D eigenvalue weighted by molar-refractivity contribution is 0.0522. The number of nitrogens with zero attached hydrogens (tertiary/aromatic N) is 1. The molecule has 1 rings (SSSR count). The highest BCUT2D eigenvalue weighted by Crippen LogP contribution is 2.15. The Balaban J connectivity index is 2.52. The Morgan fingerprint density at radius 1 is 1.43 bits per heavy atom. The van der Waals surface area contributed by atoms with Gasteiger partial charge >= 0.3 is 6.09 Å². The molecule has 0 spiro atoms. The van der Waals surface area contributed by atoms with Crippen LogP contribution in [0.5, 0.6) is 0 Å². The van der Waals surface area contributed by atoms with Crippen LogP contribution in [0.2, 0.25) is 0 Å². The molecule has 1 N–H and O–H groups in total. The van der Waals surface area contributed by atoms with Crippen molar-refractivity contribution in [2.45, 2.75) is 39.8 Å². The number of rotatable bonds is 7. The number of likely N-dealkylation sites (N-methyl/N-ethyl adjacent to an activating group) is 1. The first-order valence-electron chi connectivity index (χ1n) is 7.86. The summed E-state index contributed by atoms with van der Waals surface area (Å²) >= 11 is 0. The van der Waals surface area contributed by atoms with Crippen LogP contribution in [0.4, 0.5) is 9.18 Å². The van der Waals surface area contributed by atoms with E-state index in [1.54, 1.807) is 12.1 Å². The van der Waals surface area contributed by atoms with Crippen molar-refractivity contribution in [2.24, 2.45) is 0 Å². The zero-order chi connectivity index (χ0) is 17.5. The predicted molar refractivity (Wildman–Crippen MR) is 91.7 cm³/mol.